The summed E-state index contributed by atoms with van der Waals surface area (Å²) in [5.74, 6) is -0.934. The minimum Gasteiger partial charge on any atom is -0.462 e. The molecule has 0 radical (unpaired) electrons. The van der Waals surface area contributed by atoms with Crippen molar-refractivity contribution >= 4 is 17.9 Å². The van der Waals surface area contributed by atoms with Crippen molar-refractivity contribution in [3.63, 3.8) is 0 Å². The smallest absolute Gasteiger partial charge is 0.306 e. The van der Waals surface area contributed by atoms with Crippen molar-refractivity contribution in [1.82, 2.24) is 0 Å². The van der Waals surface area contributed by atoms with E-state index in [0.29, 0.717) is 19.3 Å². The minimum atomic E-state index is -0.785. The monoisotopic (exact) mass is 731 g/mol. The molecule has 6 nitrogen and oxygen atoms in total. The maximum atomic E-state index is 12.7. The number of unbranched alkanes of at least 4 members (excludes halogenated alkanes) is 23. The van der Waals surface area contributed by atoms with E-state index in [1.165, 1.54) is 96.3 Å². The largest absolute Gasteiger partial charge is 0.462 e. The lowest BCUT2D eigenvalue weighted by Crippen LogP contribution is -2.30. The van der Waals surface area contributed by atoms with Crippen molar-refractivity contribution in [3.8, 4) is 0 Å². The Kier molecular flexibility index (Phi) is 39.5. The van der Waals surface area contributed by atoms with Crippen LogP contribution < -0.4 is 0 Å². The summed E-state index contributed by atoms with van der Waals surface area (Å²) in [6, 6.07) is 0. The van der Waals surface area contributed by atoms with Gasteiger partial charge in [0.25, 0.3) is 0 Å². The van der Waals surface area contributed by atoms with Crippen LogP contribution in [0.25, 0.3) is 0 Å². The van der Waals surface area contributed by atoms with Gasteiger partial charge in [-0.15, -0.1) is 0 Å². The Hall–Kier alpha value is -2.37. The predicted octanol–water partition coefficient (Wildman–Crippen LogP) is 13.8. The molecule has 0 N–H and O–H groups in total. The van der Waals surface area contributed by atoms with Crippen LogP contribution in [0.2, 0.25) is 0 Å². The third-order valence-corrected chi connectivity index (χ3v) is 9.40. The van der Waals surface area contributed by atoms with Crippen LogP contribution in [-0.4, -0.2) is 37.2 Å². The van der Waals surface area contributed by atoms with Crippen molar-refractivity contribution in [2.75, 3.05) is 13.2 Å². The molecule has 0 aliphatic carbocycles. The standard InChI is InChI=1S/C46H82O6/c1-4-7-10-13-16-19-22-23-25-27-30-33-36-39-45(48)51-42-43(41-50-44(47)38-35-32-29-26-21-18-15-12-9-6-3)52-46(49)40-37-34-31-28-24-20-17-14-11-8-5-2/h14,17,20,23-25,43H,4-13,15-16,18-19,21-22,26-42H2,1-3H3/b17-14-,24-20-,25-23-. The highest BCUT2D eigenvalue weighted by atomic mass is 16.6. The third kappa shape index (κ3) is 38.9. The fraction of sp³-hybridized carbons (Fsp3) is 0.804. The molecule has 0 heterocycles. The van der Waals surface area contributed by atoms with Gasteiger partial charge in [-0.2, -0.15) is 0 Å². The lowest BCUT2D eigenvalue weighted by Gasteiger charge is -2.18. The first-order valence-electron chi connectivity index (χ1n) is 22.0. The molecule has 0 aliphatic heterocycles. The van der Waals surface area contributed by atoms with E-state index >= 15 is 0 Å². The van der Waals surface area contributed by atoms with E-state index in [4.69, 9.17) is 14.2 Å². The average Bonchev–Trinajstić information content (AvgIpc) is 3.14. The molecular formula is C46H82O6. The first kappa shape index (κ1) is 49.6. The summed E-state index contributed by atoms with van der Waals surface area (Å²) < 4.78 is 16.6. The Morgan fingerprint density at radius 3 is 1.15 bits per heavy atom. The number of rotatable bonds is 39. The van der Waals surface area contributed by atoms with Crippen LogP contribution in [0.5, 0.6) is 0 Å². The number of ether oxygens (including phenoxy) is 3. The zero-order valence-corrected chi connectivity index (χ0v) is 34.3. The Labute approximate surface area is 321 Å². The van der Waals surface area contributed by atoms with E-state index in [2.05, 4.69) is 57.2 Å². The second-order valence-electron chi connectivity index (χ2n) is 14.6. The van der Waals surface area contributed by atoms with Gasteiger partial charge in [-0.25, -0.2) is 0 Å². The van der Waals surface area contributed by atoms with Crippen LogP contribution in [-0.2, 0) is 28.6 Å². The molecule has 6 heteroatoms. The fourth-order valence-corrected chi connectivity index (χ4v) is 6.00. The fourth-order valence-electron chi connectivity index (χ4n) is 6.00. The number of carbonyl (C=O) groups excluding carboxylic acids is 3. The molecule has 0 bridgehead atoms. The Morgan fingerprint density at radius 2 is 0.712 bits per heavy atom. The van der Waals surface area contributed by atoms with Crippen LogP contribution in [0.3, 0.4) is 0 Å². The van der Waals surface area contributed by atoms with Crippen molar-refractivity contribution < 1.29 is 28.6 Å². The molecule has 0 aromatic carbocycles. The summed E-state index contributed by atoms with van der Waals surface area (Å²) in [6.07, 6.45) is 45.5. The molecule has 0 saturated carbocycles. The van der Waals surface area contributed by atoms with E-state index in [9.17, 15) is 14.4 Å². The lowest BCUT2D eigenvalue weighted by molar-refractivity contribution is -0.167. The van der Waals surface area contributed by atoms with Crippen LogP contribution in [0.4, 0.5) is 0 Å². The number of esters is 3. The molecule has 0 saturated heterocycles. The van der Waals surface area contributed by atoms with E-state index in [0.717, 1.165) is 83.5 Å². The zero-order valence-electron chi connectivity index (χ0n) is 34.3. The van der Waals surface area contributed by atoms with Crippen LogP contribution in [0, 0.1) is 0 Å². The SMILES string of the molecule is CCCC/C=C\C=C/CCCCCC(=O)OC(COC(=O)CCCCC/C=C\CCCCCCCC)COC(=O)CCCCCCCCCCCC. The zero-order chi connectivity index (χ0) is 38.0. The van der Waals surface area contributed by atoms with Crippen molar-refractivity contribution in [1.29, 1.82) is 0 Å². The van der Waals surface area contributed by atoms with Crippen molar-refractivity contribution in [2.24, 2.45) is 0 Å². The molecule has 52 heavy (non-hydrogen) atoms. The number of hydrogen-bond donors (Lipinski definition) is 0. The predicted molar refractivity (Wildman–Crippen MR) is 219 cm³/mol. The van der Waals surface area contributed by atoms with Crippen LogP contribution >= 0.6 is 0 Å². The van der Waals surface area contributed by atoms with Gasteiger partial charge in [0.2, 0.25) is 0 Å². The Bertz CT molecular complexity index is 891. The normalized spacial score (nSPS) is 12.3. The molecule has 1 atom stereocenters. The van der Waals surface area contributed by atoms with Gasteiger partial charge in [-0.3, -0.25) is 14.4 Å². The molecule has 0 rings (SSSR count). The van der Waals surface area contributed by atoms with E-state index in [-0.39, 0.29) is 31.1 Å². The summed E-state index contributed by atoms with van der Waals surface area (Å²) in [4.78, 5) is 37.6. The van der Waals surface area contributed by atoms with Gasteiger partial charge in [0.1, 0.15) is 13.2 Å². The van der Waals surface area contributed by atoms with Gasteiger partial charge in [-0.1, -0.05) is 173 Å². The first-order valence-corrected chi connectivity index (χ1v) is 22.0. The third-order valence-electron chi connectivity index (χ3n) is 9.40. The molecule has 0 aromatic rings. The molecule has 0 fully saturated rings. The molecule has 1 unspecified atom stereocenters. The summed E-state index contributed by atoms with van der Waals surface area (Å²) in [7, 11) is 0. The Morgan fingerprint density at radius 1 is 0.385 bits per heavy atom. The number of allylic oxidation sites excluding steroid dienone is 6. The van der Waals surface area contributed by atoms with Gasteiger partial charge >= 0.3 is 17.9 Å². The molecule has 0 amide bonds. The minimum absolute atomic E-state index is 0.0861. The maximum Gasteiger partial charge on any atom is 0.306 e. The van der Waals surface area contributed by atoms with Gasteiger partial charge < -0.3 is 14.2 Å². The van der Waals surface area contributed by atoms with Crippen LogP contribution in [0.15, 0.2) is 36.5 Å². The van der Waals surface area contributed by atoms with Gasteiger partial charge in [-0.05, 0) is 64.2 Å². The quantitative estimate of drug-likeness (QED) is 0.0206. The highest BCUT2D eigenvalue weighted by Gasteiger charge is 2.19. The molecule has 302 valence electrons. The van der Waals surface area contributed by atoms with E-state index < -0.39 is 6.10 Å². The number of carbonyl (C=O) groups is 3. The maximum absolute atomic E-state index is 12.7. The topological polar surface area (TPSA) is 78.9 Å². The second kappa shape index (κ2) is 41.4. The number of hydrogen-bond acceptors (Lipinski definition) is 6. The van der Waals surface area contributed by atoms with Crippen LogP contribution in [0.1, 0.15) is 220 Å². The highest BCUT2D eigenvalue weighted by molar-refractivity contribution is 5.71. The van der Waals surface area contributed by atoms with Crippen molar-refractivity contribution in [3.05, 3.63) is 36.5 Å². The first-order chi connectivity index (χ1) is 25.5. The molecule has 0 aliphatic rings. The van der Waals surface area contributed by atoms with Gasteiger partial charge in [0.15, 0.2) is 6.10 Å². The van der Waals surface area contributed by atoms with Gasteiger partial charge in [0, 0.05) is 19.3 Å². The summed E-state index contributed by atoms with van der Waals surface area (Å²) in [5, 5.41) is 0. The summed E-state index contributed by atoms with van der Waals surface area (Å²) >= 11 is 0. The summed E-state index contributed by atoms with van der Waals surface area (Å²) in [6.45, 7) is 6.51. The summed E-state index contributed by atoms with van der Waals surface area (Å²) in [5.41, 5.74) is 0. The average molecular weight is 731 g/mol. The van der Waals surface area contributed by atoms with Gasteiger partial charge in [0.05, 0.1) is 0 Å². The van der Waals surface area contributed by atoms with Crippen molar-refractivity contribution in [2.45, 2.75) is 226 Å². The van der Waals surface area contributed by atoms with E-state index in [1.807, 2.05) is 0 Å². The highest BCUT2D eigenvalue weighted by Crippen LogP contribution is 2.13. The molecule has 0 aromatic heterocycles. The van der Waals surface area contributed by atoms with E-state index in [1.54, 1.807) is 0 Å². The second-order valence-corrected chi connectivity index (χ2v) is 14.6. The molecule has 0 spiro atoms. The Balaban J connectivity index is 4.42. The molecular weight excluding hydrogens is 648 g/mol. The lowest BCUT2D eigenvalue weighted by atomic mass is 10.1.